The van der Waals surface area contributed by atoms with Gasteiger partial charge in [-0.2, -0.15) is 0 Å². The van der Waals surface area contributed by atoms with Gasteiger partial charge in [-0.3, -0.25) is 4.79 Å². The molecule has 0 spiro atoms. The molecule has 3 heteroatoms. The van der Waals surface area contributed by atoms with E-state index in [1.807, 2.05) is 37.3 Å². The van der Waals surface area contributed by atoms with Crippen molar-refractivity contribution in [2.75, 3.05) is 16.8 Å². The van der Waals surface area contributed by atoms with Gasteiger partial charge in [-0.05, 0) is 87.6 Å². The SMILES string of the molecule is Cc1ccc(C(=O)Nc2ccc(N3CCCC[C@H]3C)cc2)cc1C. The largest absolute Gasteiger partial charge is 0.369 e. The topological polar surface area (TPSA) is 32.3 Å². The van der Waals surface area contributed by atoms with E-state index >= 15 is 0 Å². The molecule has 126 valence electrons. The normalized spacial score (nSPS) is 17.6. The van der Waals surface area contributed by atoms with Gasteiger partial charge in [-0.1, -0.05) is 6.07 Å². The number of aryl methyl sites for hydroxylation is 2. The van der Waals surface area contributed by atoms with Crippen LogP contribution in [0.5, 0.6) is 0 Å². The summed E-state index contributed by atoms with van der Waals surface area (Å²) in [5, 5.41) is 2.99. The summed E-state index contributed by atoms with van der Waals surface area (Å²) in [7, 11) is 0. The first-order valence-electron chi connectivity index (χ1n) is 8.80. The Balaban J connectivity index is 1.69. The van der Waals surface area contributed by atoms with Crippen molar-refractivity contribution in [2.45, 2.75) is 46.1 Å². The van der Waals surface area contributed by atoms with Crippen molar-refractivity contribution in [3.8, 4) is 0 Å². The Labute approximate surface area is 144 Å². The molecule has 1 saturated heterocycles. The number of benzene rings is 2. The van der Waals surface area contributed by atoms with E-state index in [0.717, 1.165) is 17.8 Å². The second kappa shape index (κ2) is 7.08. The molecule has 1 fully saturated rings. The Kier molecular flexibility index (Phi) is 4.89. The van der Waals surface area contributed by atoms with Gasteiger partial charge in [0.2, 0.25) is 0 Å². The van der Waals surface area contributed by atoms with Gasteiger partial charge in [0.05, 0.1) is 0 Å². The molecule has 1 aliphatic rings. The van der Waals surface area contributed by atoms with Crippen LogP contribution >= 0.6 is 0 Å². The molecule has 1 heterocycles. The van der Waals surface area contributed by atoms with Crippen molar-refractivity contribution in [1.29, 1.82) is 0 Å². The molecule has 0 bridgehead atoms. The number of carbonyl (C=O) groups excluding carboxylic acids is 1. The van der Waals surface area contributed by atoms with Crippen LogP contribution in [-0.2, 0) is 0 Å². The maximum Gasteiger partial charge on any atom is 0.255 e. The van der Waals surface area contributed by atoms with E-state index in [4.69, 9.17) is 0 Å². The molecule has 0 aliphatic carbocycles. The fourth-order valence-corrected chi connectivity index (χ4v) is 3.30. The van der Waals surface area contributed by atoms with Gasteiger partial charge in [-0.25, -0.2) is 0 Å². The number of hydrogen-bond acceptors (Lipinski definition) is 2. The molecule has 1 atom stereocenters. The van der Waals surface area contributed by atoms with Gasteiger partial charge in [0.15, 0.2) is 0 Å². The molecular formula is C21H26N2O. The molecule has 1 N–H and O–H groups in total. The van der Waals surface area contributed by atoms with E-state index in [1.165, 1.54) is 30.5 Å². The third-order valence-electron chi connectivity index (χ3n) is 5.03. The molecule has 0 radical (unpaired) electrons. The molecule has 0 unspecified atom stereocenters. The Morgan fingerprint density at radius 1 is 1.04 bits per heavy atom. The van der Waals surface area contributed by atoms with Crippen LogP contribution in [0.1, 0.15) is 47.7 Å². The van der Waals surface area contributed by atoms with E-state index in [9.17, 15) is 4.79 Å². The third kappa shape index (κ3) is 3.61. The van der Waals surface area contributed by atoms with Crippen molar-refractivity contribution in [2.24, 2.45) is 0 Å². The molecule has 3 rings (SSSR count). The number of rotatable bonds is 3. The summed E-state index contributed by atoms with van der Waals surface area (Å²) in [4.78, 5) is 14.9. The number of nitrogens with one attached hydrogen (secondary N) is 1. The first kappa shape index (κ1) is 16.6. The van der Waals surface area contributed by atoms with Crippen LogP contribution < -0.4 is 10.2 Å². The first-order valence-corrected chi connectivity index (χ1v) is 8.80. The molecule has 2 aromatic carbocycles. The van der Waals surface area contributed by atoms with Crippen LogP contribution in [0.2, 0.25) is 0 Å². The van der Waals surface area contributed by atoms with E-state index in [-0.39, 0.29) is 5.91 Å². The molecule has 2 aromatic rings. The lowest BCUT2D eigenvalue weighted by atomic mass is 10.0. The van der Waals surface area contributed by atoms with Crippen molar-refractivity contribution < 1.29 is 4.79 Å². The zero-order valence-electron chi connectivity index (χ0n) is 14.8. The average molecular weight is 322 g/mol. The number of hydrogen-bond donors (Lipinski definition) is 1. The van der Waals surface area contributed by atoms with Crippen LogP contribution in [0.25, 0.3) is 0 Å². The van der Waals surface area contributed by atoms with Crippen molar-refractivity contribution in [3.63, 3.8) is 0 Å². The maximum absolute atomic E-state index is 12.4. The molecule has 0 saturated carbocycles. The Morgan fingerprint density at radius 3 is 2.46 bits per heavy atom. The quantitative estimate of drug-likeness (QED) is 0.868. The summed E-state index contributed by atoms with van der Waals surface area (Å²) >= 11 is 0. The second-order valence-corrected chi connectivity index (χ2v) is 6.84. The minimum atomic E-state index is -0.0582. The monoisotopic (exact) mass is 322 g/mol. The standard InChI is InChI=1S/C21H26N2O/c1-15-7-8-18(14-16(15)2)21(24)22-19-9-11-20(12-10-19)23-13-5-4-6-17(23)3/h7-12,14,17H,4-6,13H2,1-3H3,(H,22,24)/t17-/m1/s1. The molecule has 1 aliphatic heterocycles. The molecule has 0 aromatic heterocycles. The number of anilines is 2. The minimum absolute atomic E-state index is 0.0582. The summed E-state index contributed by atoms with van der Waals surface area (Å²) in [6.45, 7) is 7.49. The van der Waals surface area contributed by atoms with E-state index in [0.29, 0.717) is 11.6 Å². The maximum atomic E-state index is 12.4. The van der Waals surface area contributed by atoms with Gasteiger partial charge >= 0.3 is 0 Å². The van der Waals surface area contributed by atoms with Crippen LogP contribution in [0, 0.1) is 13.8 Å². The van der Waals surface area contributed by atoms with Gasteiger partial charge in [0.1, 0.15) is 0 Å². The number of nitrogens with zero attached hydrogens (tertiary/aromatic N) is 1. The summed E-state index contributed by atoms with van der Waals surface area (Å²) in [6.07, 6.45) is 3.84. The summed E-state index contributed by atoms with van der Waals surface area (Å²) in [5.74, 6) is -0.0582. The summed E-state index contributed by atoms with van der Waals surface area (Å²) in [5.41, 5.74) is 5.12. The van der Waals surface area contributed by atoms with Crippen LogP contribution in [0.3, 0.4) is 0 Å². The fourth-order valence-electron chi connectivity index (χ4n) is 3.30. The second-order valence-electron chi connectivity index (χ2n) is 6.84. The van der Waals surface area contributed by atoms with Crippen molar-refractivity contribution in [3.05, 3.63) is 59.2 Å². The number of piperidine rings is 1. The Bertz CT molecular complexity index is 721. The summed E-state index contributed by atoms with van der Waals surface area (Å²) < 4.78 is 0. The van der Waals surface area contributed by atoms with Gasteiger partial charge in [0.25, 0.3) is 5.91 Å². The smallest absolute Gasteiger partial charge is 0.255 e. The van der Waals surface area contributed by atoms with Gasteiger partial charge in [-0.15, -0.1) is 0 Å². The summed E-state index contributed by atoms with van der Waals surface area (Å²) in [6, 6.07) is 14.6. The predicted molar refractivity (Wildman–Crippen MR) is 101 cm³/mol. The lowest BCUT2D eigenvalue weighted by molar-refractivity contribution is 0.102. The Morgan fingerprint density at radius 2 is 1.79 bits per heavy atom. The van der Waals surface area contributed by atoms with E-state index < -0.39 is 0 Å². The fraction of sp³-hybridized carbons (Fsp3) is 0.381. The highest BCUT2D eigenvalue weighted by molar-refractivity contribution is 6.04. The van der Waals surface area contributed by atoms with Crippen molar-refractivity contribution in [1.82, 2.24) is 0 Å². The number of amides is 1. The Hall–Kier alpha value is -2.29. The van der Waals surface area contributed by atoms with Crippen LogP contribution in [0.4, 0.5) is 11.4 Å². The average Bonchev–Trinajstić information content (AvgIpc) is 2.58. The highest BCUT2D eigenvalue weighted by Gasteiger charge is 2.18. The highest BCUT2D eigenvalue weighted by atomic mass is 16.1. The zero-order valence-corrected chi connectivity index (χ0v) is 14.8. The van der Waals surface area contributed by atoms with Gasteiger partial charge in [0, 0.05) is 29.5 Å². The lowest BCUT2D eigenvalue weighted by Crippen LogP contribution is -2.37. The van der Waals surface area contributed by atoms with E-state index in [1.54, 1.807) is 0 Å². The van der Waals surface area contributed by atoms with Crippen LogP contribution in [-0.4, -0.2) is 18.5 Å². The molecule has 1 amide bonds. The minimum Gasteiger partial charge on any atom is -0.369 e. The number of carbonyl (C=O) groups is 1. The highest BCUT2D eigenvalue weighted by Crippen LogP contribution is 2.26. The van der Waals surface area contributed by atoms with Crippen molar-refractivity contribution >= 4 is 17.3 Å². The molecular weight excluding hydrogens is 296 g/mol. The van der Waals surface area contributed by atoms with Crippen LogP contribution in [0.15, 0.2) is 42.5 Å². The molecule has 3 nitrogen and oxygen atoms in total. The van der Waals surface area contributed by atoms with E-state index in [2.05, 4.69) is 36.2 Å². The zero-order chi connectivity index (χ0) is 17.1. The first-order chi connectivity index (χ1) is 11.5. The molecule has 24 heavy (non-hydrogen) atoms. The van der Waals surface area contributed by atoms with Gasteiger partial charge < -0.3 is 10.2 Å². The third-order valence-corrected chi connectivity index (χ3v) is 5.03. The lowest BCUT2D eigenvalue weighted by Gasteiger charge is -2.35. The predicted octanol–water partition coefficient (Wildman–Crippen LogP) is 4.93.